The highest BCUT2D eigenvalue weighted by Gasteiger charge is 2.39. The second-order valence-electron chi connectivity index (χ2n) is 11.5. The number of benzene rings is 1. The Kier molecular flexibility index (Phi) is 7.40. The Hall–Kier alpha value is -1.97. The van der Waals surface area contributed by atoms with E-state index in [2.05, 4.69) is 44.0 Å². The van der Waals surface area contributed by atoms with Crippen molar-refractivity contribution in [1.29, 1.82) is 5.26 Å². The van der Waals surface area contributed by atoms with Gasteiger partial charge in [-0.15, -0.1) is 0 Å². The van der Waals surface area contributed by atoms with Crippen LogP contribution in [0.25, 0.3) is 0 Å². The molecule has 182 valence electrons. The van der Waals surface area contributed by atoms with Crippen LogP contribution >= 0.6 is 0 Å². The molecule has 4 rings (SSSR count). The van der Waals surface area contributed by atoms with Gasteiger partial charge in [0.25, 0.3) is 0 Å². The fraction of sp³-hybridized carbons (Fsp3) is 0.741. The third kappa shape index (κ3) is 5.75. The number of hydrogen-bond donors (Lipinski definition) is 1. The smallest absolute Gasteiger partial charge is 0.179 e. The zero-order valence-electron chi connectivity index (χ0n) is 20.8. The van der Waals surface area contributed by atoms with Crippen molar-refractivity contribution in [3.8, 4) is 17.7 Å². The summed E-state index contributed by atoms with van der Waals surface area (Å²) in [6.45, 7) is 11.2. The minimum atomic E-state index is -0.259. The maximum Gasteiger partial charge on any atom is 0.179 e. The highest BCUT2D eigenvalue weighted by atomic mass is 16.5. The van der Waals surface area contributed by atoms with Crippen molar-refractivity contribution >= 4 is 0 Å². The maximum absolute atomic E-state index is 10.9. The molecule has 2 saturated heterocycles. The van der Waals surface area contributed by atoms with Gasteiger partial charge in [-0.05, 0) is 79.0 Å². The quantitative estimate of drug-likeness (QED) is 0.642. The summed E-state index contributed by atoms with van der Waals surface area (Å²) in [6, 6.07) is 4.59. The lowest BCUT2D eigenvalue weighted by Crippen LogP contribution is -2.48. The Morgan fingerprint density at radius 2 is 1.91 bits per heavy atom. The van der Waals surface area contributed by atoms with Gasteiger partial charge in [-0.2, -0.15) is 5.26 Å². The van der Waals surface area contributed by atoms with Crippen LogP contribution in [0.3, 0.4) is 0 Å². The number of hydrogen-bond acceptors (Lipinski definition) is 6. The average molecular weight is 456 g/mol. The minimum absolute atomic E-state index is 0.231. The van der Waals surface area contributed by atoms with Gasteiger partial charge in [-0.1, -0.05) is 20.8 Å². The fourth-order valence-electron chi connectivity index (χ4n) is 6.02. The van der Waals surface area contributed by atoms with Crippen LogP contribution in [0.15, 0.2) is 12.1 Å². The molecule has 1 aromatic carbocycles. The zero-order chi connectivity index (χ0) is 23.6. The second-order valence-corrected chi connectivity index (χ2v) is 11.5. The molecule has 1 aromatic rings. The molecule has 0 saturated carbocycles. The summed E-state index contributed by atoms with van der Waals surface area (Å²) in [6.07, 6.45) is 7.98. The number of piperidine rings is 2. The third-order valence-electron chi connectivity index (χ3n) is 7.79. The van der Waals surface area contributed by atoms with Crippen LogP contribution < -0.4 is 9.47 Å². The molecule has 1 N–H and O–H groups in total. The molecular formula is C27H41N3O3. The molecule has 2 fully saturated rings. The first-order valence-electron chi connectivity index (χ1n) is 12.7. The molecule has 0 spiro atoms. The lowest BCUT2D eigenvalue weighted by atomic mass is 9.75. The van der Waals surface area contributed by atoms with Crippen molar-refractivity contribution in [3.63, 3.8) is 0 Å². The molecule has 6 heteroatoms. The van der Waals surface area contributed by atoms with Crippen LogP contribution in [0.4, 0.5) is 0 Å². The van der Waals surface area contributed by atoms with E-state index in [4.69, 9.17) is 14.7 Å². The van der Waals surface area contributed by atoms with Crippen LogP contribution in [0.1, 0.15) is 70.0 Å². The normalized spacial score (nSPS) is 26.3. The Balaban J connectivity index is 1.40. The van der Waals surface area contributed by atoms with Crippen molar-refractivity contribution < 1.29 is 14.6 Å². The molecule has 0 aromatic heterocycles. The summed E-state index contributed by atoms with van der Waals surface area (Å²) < 4.78 is 11.9. The maximum atomic E-state index is 10.9. The van der Waals surface area contributed by atoms with E-state index in [0.29, 0.717) is 18.4 Å². The Bertz CT molecular complexity index is 851. The molecule has 0 radical (unpaired) electrons. The summed E-state index contributed by atoms with van der Waals surface area (Å²) in [5, 5.41) is 20.0. The first-order valence-corrected chi connectivity index (χ1v) is 12.7. The average Bonchev–Trinajstić information content (AvgIpc) is 2.78. The van der Waals surface area contributed by atoms with Crippen molar-refractivity contribution in [1.82, 2.24) is 9.80 Å². The van der Waals surface area contributed by atoms with Crippen LogP contribution in [0.5, 0.6) is 11.5 Å². The summed E-state index contributed by atoms with van der Waals surface area (Å²) in [7, 11) is 1.71. The molecule has 3 heterocycles. The molecule has 33 heavy (non-hydrogen) atoms. The standard InChI is InChI=1S/C27H41N3O3/c1-27(2,3)16-21-17-30-11-7-20-13-26(25(32-4)14-22(20)23(30)15-24(21)31)33-12-8-19-5-9-29(18-28)10-6-19/h13-14,19,21,23-24,31H,5-12,15-17H2,1-4H3/t21-,23-,24-/m1/s1. The van der Waals surface area contributed by atoms with Crippen LogP contribution in [0, 0.1) is 28.7 Å². The first kappa shape index (κ1) is 24.2. The summed E-state index contributed by atoms with van der Waals surface area (Å²) in [5.74, 6) is 2.59. The number of likely N-dealkylation sites (tertiary alicyclic amines) is 1. The number of rotatable bonds is 6. The van der Waals surface area contributed by atoms with Crippen molar-refractivity contribution in [2.75, 3.05) is 39.9 Å². The Morgan fingerprint density at radius 1 is 1.15 bits per heavy atom. The van der Waals surface area contributed by atoms with Crippen molar-refractivity contribution in [2.45, 2.75) is 71.4 Å². The first-order chi connectivity index (χ1) is 15.8. The lowest BCUT2D eigenvalue weighted by molar-refractivity contribution is -0.0259. The molecule has 3 aliphatic rings. The number of methoxy groups -OCH3 is 1. The highest BCUT2D eigenvalue weighted by molar-refractivity contribution is 5.49. The van der Waals surface area contributed by atoms with Crippen LogP contribution in [-0.4, -0.2) is 60.9 Å². The molecule has 0 aliphatic carbocycles. The van der Waals surface area contributed by atoms with E-state index in [1.807, 2.05) is 4.90 Å². The second kappa shape index (κ2) is 10.1. The predicted molar refractivity (Wildman–Crippen MR) is 129 cm³/mol. The Morgan fingerprint density at radius 3 is 2.58 bits per heavy atom. The van der Waals surface area contributed by atoms with E-state index in [1.165, 1.54) is 11.1 Å². The number of aliphatic hydroxyl groups excluding tert-OH is 1. The van der Waals surface area contributed by atoms with Gasteiger partial charge in [0.1, 0.15) is 0 Å². The summed E-state index contributed by atoms with van der Waals surface area (Å²) >= 11 is 0. The summed E-state index contributed by atoms with van der Waals surface area (Å²) in [4.78, 5) is 4.42. The SMILES string of the molecule is COc1cc2c(cc1OCCC1CCN(C#N)CC1)CCN1C[C@@H](CC(C)(C)C)[C@H](O)C[C@H]21. The highest BCUT2D eigenvalue weighted by Crippen LogP contribution is 2.44. The zero-order valence-corrected chi connectivity index (χ0v) is 20.8. The van der Waals surface area contributed by atoms with Gasteiger partial charge in [-0.25, -0.2) is 0 Å². The monoisotopic (exact) mass is 455 g/mol. The van der Waals surface area contributed by atoms with E-state index >= 15 is 0 Å². The van der Waals surface area contributed by atoms with Gasteiger partial charge >= 0.3 is 0 Å². The van der Waals surface area contributed by atoms with Gasteiger partial charge in [0.05, 0.1) is 19.8 Å². The van der Waals surface area contributed by atoms with Crippen molar-refractivity contribution in [2.24, 2.45) is 17.3 Å². The topological polar surface area (TPSA) is 69.0 Å². The molecule has 3 atom stereocenters. The van der Waals surface area contributed by atoms with E-state index in [0.717, 1.165) is 76.2 Å². The minimum Gasteiger partial charge on any atom is -0.493 e. The number of nitrogens with zero attached hydrogens (tertiary/aromatic N) is 3. The molecule has 0 amide bonds. The van der Waals surface area contributed by atoms with E-state index in [1.54, 1.807) is 7.11 Å². The van der Waals surface area contributed by atoms with Crippen LogP contribution in [-0.2, 0) is 6.42 Å². The van der Waals surface area contributed by atoms with Crippen molar-refractivity contribution in [3.05, 3.63) is 23.3 Å². The van der Waals surface area contributed by atoms with E-state index in [-0.39, 0.29) is 17.6 Å². The van der Waals surface area contributed by atoms with Gasteiger partial charge < -0.3 is 19.5 Å². The van der Waals surface area contributed by atoms with Crippen LogP contribution in [0.2, 0.25) is 0 Å². The largest absolute Gasteiger partial charge is 0.493 e. The predicted octanol–water partition coefficient (Wildman–Crippen LogP) is 4.37. The van der Waals surface area contributed by atoms with Gasteiger partial charge in [-0.3, -0.25) is 4.90 Å². The number of fused-ring (bicyclic) bond motifs is 3. The molecular weight excluding hydrogens is 414 g/mol. The lowest BCUT2D eigenvalue weighted by Gasteiger charge is -2.47. The van der Waals surface area contributed by atoms with E-state index in [9.17, 15) is 5.11 Å². The third-order valence-corrected chi connectivity index (χ3v) is 7.79. The van der Waals surface area contributed by atoms with E-state index < -0.39 is 0 Å². The number of aliphatic hydroxyl groups is 1. The Labute approximate surface area is 199 Å². The molecule has 0 unspecified atom stereocenters. The number of nitriles is 1. The molecule has 0 bridgehead atoms. The van der Waals surface area contributed by atoms with Gasteiger partial charge in [0.15, 0.2) is 17.7 Å². The van der Waals surface area contributed by atoms with Gasteiger partial charge in [0, 0.05) is 32.2 Å². The molecule has 3 aliphatic heterocycles. The number of ether oxygens (including phenoxy) is 2. The fourth-order valence-corrected chi connectivity index (χ4v) is 6.02. The van der Waals surface area contributed by atoms with Gasteiger partial charge in [0.2, 0.25) is 0 Å². The summed E-state index contributed by atoms with van der Waals surface area (Å²) in [5.41, 5.74) is 2.85. The molecule has 6 nitrogen and oxygen atoms in total.